The number of carbonyl (C=O) groups is 4. The molecule has 2 aliphatic rings. The average molecular weight is 709 g/mol. The van der Waals surface area contributed by atoms with Crippen molar-refractivity contribution < 1.29 is 28.7 Å². The van der Waals surface area contributed by atoms with Crippen LogP contribution in [0.1, 0.15) is 39.2 Å². The summed E-state index contributed by atoms with van der Waals surface area (Å²) in [6.07, 6.45) is 0. The number of fused-ring (bicyclic) bond motifs is 2. The van der Waals surface area contributed by atoms with Gasteiger partial charge < -0.3 is 19.8 Å². The van der Waals surface area contributed by atoms with Gasteiger partial charge >= 0.3 is 10.8 Å². The van der Waals surface area contributed by atoms with Gasteiger partial charge in [0.15, 0.2) is 6.61 Å². The van der Waals surface area contributed by atoms with E-state index in [1.165, 1.54) is 16.7 Å². The predicted molar refractivity (Wildman–Crippen MR) is 174 cm³/mol. The second-order valence-corrected chi connectivity index (χ2v) is 13.5. The molecular weight excluding hydrogens is 682 g/mol. The number of ether oxygens (including phenoxy) is 2. The summed E-state index contributed by atoms with van der Waals surface area (Å²) in [5.74, 6) is -2.79. The van der Waals surface area contributed by atoms with Gasteiger partial charge in [-0.2, -0.15) is 0 Å². The normalized spacial score (nSPS) is 18.7. The number of halogens is 1. The number of carbonyl (C=O) groups excluding carboxylic acids is 4. The molecule has 1 saturated heterocycles. The second kappa shape index (κ2) is 12.7. The zero-order valence-corrected chi connectivity index (χ0v) is 27.2. The van der Waals surface area contributed by atoms with Crippen LogP contribution in [-0.2, 0) is 19.1 Å². The van der Waals surface area contributed by atoms with E-state index in [1.807, 2.05) is 19.1 Å². The number of anilines is 2. The monoisotopic (exact) mass is 707 g/mol. The topological polar surface area (TPSA) is 135 Å². The molecule has 1 fully saturated rings. The van der Waals surface area contributed by atoms with E-state index in [2.05, 4.69) is 26.2 Å². The minimum absolute atomic E-state index is 0.257. The van der Waals surface area contributed by atoms with Crippen LogP contribution < -0.4 is 19.8 Å². The molecular formula is C32H26BrN3O7S2. The highest BCUT2D eigenvalue weighted by Crippen LogP contribution is 2.54. The molecule has 2 aliphatic heterocycles. The van der Waals surface area contributed by atoms with E-state index < -0.39 is 29.0 Å². The zero-order valence-electron chi connectivity index (χ0n) is 24.0. The van der Waals surface area contributed by atoms with Crippen LogP contribution in [0.2, 0.25) is 0 Å². The van der Waals surface area contributed by atoms with E-state index >= 15 is 0 Å². The third-order valence-electron chi connectivity index (χ3n) is 7.46. The van der Waals surface area contributed by atoms with Gasteiger partial charge in [0.2, 0.25) is 11.8 Å². The Labute approximate surface area is 274 Å². The molecule has 4 aromatic rings. The molecule has 6 rings (SSSR count). The van der Waals surface area contributed by atoms with Crippen molar-refractivity contribution in [2.75, 3.05) is 23.4 Å². The summed E-state index contributed by atoms with van der Waals surface area (Å²) < 4.78 is 11.7. The van der Waals surface area contributed by atoms with Gasteiger partial charge in [-0.25, -0.2) is 9.69 Å². The molecule has 3 amide bonds. The number of amides is 3. The summed E-state index contributed by atoms with van der Waals surface area (Å²) in [6, 6.07) is 18.7. The lowest BCUT2D eigenvalue weighted by molar-refractivity contribution is -0.122. The van der Waals surface area contributed by atoms with Crippen molar-refractivity contribution in [2.24, 2.45) is 5.92 Å². The number of nitrogens with zero attached hydrogens (tertiary/aromatic N) is 1. The van der Waals surface area contributed by atoms with Crippen molar-refractivity contribution in [3.8, 4) is 5.75 Å². The van der Waals surface area contributed by atoms with Gasteiger partial charge in [0.1, 0.15) is 11.0 Å². The van der Waals surface area contributed by atoms with Crippen molar-refractivity contribution in [3.05, 3.63) is 102 Å². The lowest BCUT2D eigenvalue weighted by Gasteiger charge is -2.31. The maximum atomic E-state index is 14.1. The lowest BCUT2D eigenvalue weighted by Crippen LogP contribution is -2.32. The van der Waals surface area contributed by atoms with Crippen LogP contribution in [-0.4, -0.2) is 47.1 Å². The number of rotatable bonds is 8. The van der Waals surface area contributed by atoms with Crippen molar-refractivity contribution in [1.29, 1.82) is 0 Å². The number of aromatic amines is 1. The Hall–Kier alpha value is -4.20. The first-order valence-electron chi connectivity index (χ1n) is 14.0. The number of hydrogen-bond acceptors (Lipinski definition) is 9. The fourth-order valence-electron chi connectivity index (χ4n) is 5.44. The number of hydrogen-bond donors (Lipinski definition) is 2. The van der Waals surface area contributed by atoms with Gasteiger partial charge in [-0.05, 0) is 68.4 Å². The molecule has 10 nitrogen and oxygen atoms in total. The van der Waals surface area contributed by atoms with Crippen LogP contribution in [0.15, 0.2) is 81.0 Å². The van der Waals surface area contributed by atoms with E-state index in [4.69, 9.17) is 9.47 Å². The van der Waals surface area contributed by atoms with Crippen LogP contribution >= 0.6 is 39.0 Å². The Morgan fingerprint density at radius 2 is 1.73 bits per heavy atom. The minimum atomic E-state index is -0.814. The van der Waals surface area contributed by atoms with Gasteiger partial charge in [0.25, 0.3) is 5.91 Å². The Bertz CT molecular complexity index is 1870. The molecule has 0 aliphatic carbocycles. The third kappa shape index (κ3) is 6.07. The van der Waals surface area contributed by atoms with Crippen molar-refractivity contribution >= 4 is 74.1 Å². The Balaban J connectivity index is 1.28. The summed E-state index contributed by atoms with van der Waals surface area (Å²) in [5, 5.41) is 2.51. The van der Waals surface area contributed by atoms with Crippen molar-refractivity contribution in [1.82, 2.24) is 4.98 Å². The van der Waals surface area contributed by atoms with Crippen LogP contribution in [0.25, 0.3) is 0 Å². The van der Waals surface area contributed by atoms with E-state index in [0.29, 0.717) is 42.6 Å². The van der Waals surface area contributed by atoms with Crippen LogP contribution in [0, 0.1) is 12.8 Å². The molecule has 0 radical (unpaired) electrons. The highest BCUT2D eigenvalue weighted by molar-refractivity contribution is 9.10. The first-order valence-corrected chi connectivity index (χ1v) is 16.5. The molecule has 3 aromatic carbocycles. The van der Waals surface area contributed by atoms with Crippen LogP contribution in [0.3, 0.4) is 0 Å². The minimum Gasteiger partial charge on any atom is -0.483 e. The van der Waals surface area contributed by atoms with Gasteiger partial charge in [-0.3, -0.25) is 19.2 Å². The van der Waals surface area contributed by atoms with Gasteiger partial charge in [0, 0.05) is 26.5 Å². The fraction of sp³-hybridized carbons (Fsp3) is 0.219. The molecule has 3 atom stereocenters. The molecule has 230 valence electrons. The number of nitrogens with one attached hydrogen (secondary N) is 2. The maximum Gasteiger partial charge on any atom is 0.338 e. The van der Waals surface area contributed by atoms with Crippen molar-refractivity contribution in [2.45, 2.75) is 30.0 Å². The molecule has 2 N–H and O–H groups in total. The largest absolute Gasteiger partial charge is 0.483 e. The number of aromatic nitrogens is 1. The molecule has 45 heavy (non-hydrogen) atoms. The van der Waals surface area contributed by atoms with E-state index in [-0.39, 0.29) is 29.9 Å². The maximum absolute atomic E-state index is 14.1. The van der Waals surface area contributed by atoms with Gasteiger partial charge in [-0.15, -0.1) is 0 Å². The van der Waals surface area contributed by atoms with Gasteiger partial charge in [-0.1, -0.05) is 56.7 Å². The van der Waals surface area contributed by atoms with Gasteiger partial charge in [0.05, 0.1) is 28.8 Å². The van der Waals surface area contributed by atoms with E-state index in [0.717, 1.165) is 16.9 Å². The molecule has 3 unspecified atom stereocenters. The second-order valence-electron chi connectivity index (χ2n) is 10.4. The number of thiazole rings is 1. The zero-order chi connectivity index (χ0) is 31.8. The number of imide groups is 1. The standard InChI is InChI=1S/C32H26BrN3O7S2/c1-3-42-31(40)17-6-9-19(10-7-17)34-23(37)15-43-22-13-8-18(33)14-21(22)24-25-27(44-28-26(24)45-32(41)35-28)30(39)36(29(25)38)20-11-4-16(2)5-12-20/h4-14,24-25,27H,3,15H2,1-2H3,(H,34,37)(H,35,41). The Morgan fingerprint density at radius 1 is 1.00 bits per heavy atom. The number of esters is 1. The third-order valence-corrected chi connectivity index (χ3v) is 10.4. The Kier molecular flexibility index (Phi) is 8.67. The Morgan fingerprint density at radius 3 is 2.44 bits per heavy atom. The summed E-state index contributed by atoms with van der Waals surface area (Å²) >= 11 is 5.70. The van der Waals surface area contributed by atoms with Crippen molar-refractivity contribution in [3.63, 3.8) is 0 Å². The molecule has 0 saturated carbocycles. The summed E-state index contributed by atoms with van der Waals surface area (Å²) in [5.41, 5.74) is 2.87. The average Bonchev–Trinajstić information content (AvgIpc) is 3.51. The number of H-pyrrole nitrogens is 1. The quantitative estimate of drug-likeness (QED) is 0.181. The van der Waals surface area contributed by atoms with Crippen LogP contribution in [0.5, 0.6) is 5.75 Å². The summed E-state index contributed by atoms with van der Waals surface area (Å²) in [7, 11) is 0. The predicted octanol–water partition coefficient (Wildman–Crippen LogP) is 5.50. The first kappa shape index (κ1) is 30.8. The smallest absolute Gasteiger partial charge is 0.338 e. The molecule has 0 spiro atoms. The molecule has 1 aromatic heterocycles. The number of aryl methyl sites for hydroxylation is 1. The molecule has 13 heteroatoms. The summed E-state index contributed by atoms with van der Waals surface area (Å²) in [4.78, 5) is 69.5. The van der Waals surface area contributed by atoms with E-state index in [1.54, 1.807) is 61.5 Å². The summed E-state index contributed by atoms with van der Waals surface area (Å²) in [6.45, 7) is 3.54. The SMILES string of the molecule is CCOC(=O)c1ccc(NC(=O)COc2ccc(Br)cc2C2c3sc(=O)[nH]c3SC3C(=O)N(c4ccc(C)cc4)C(=O)C32)cc1. The lowest BCUT2D eigenvalue weighted by atomic mass is 9.82. The van der Waals surface area contributed by atoms with E-state index in [9.17, 15) is 24.0 Å². The van der Waals surface area contributed by atoms with Crippen LogP contribution in [0.4, 0.5) is 11.4 Å². The fourth-order valence-corrected chi connectivity index (χ4v) is 8.32. The highest BCUT2D eigenvalue weighted by Gasteiger charge is 2.56. The molecule has 3 heterocycles. The highest BCUT2D eigenvalue weighted by atomic mass is 79.9. The first-order chi connectivity index (χ1) is 21.6. The number of thioether (sulfide) groups is 1. The number of benzene rings is 3. The molecule has 0 bridgehead atoms.